The SMILES string of the molecule is Cc1ccc(S(=O)(=O)Nc2ccc(-n3nc(C)cc3Cl)cc2)cc1. The van der Waals surface area contributed by atoms with Crippen LogP contribution in [0.25, 0.3) is 5.69 Å². The summed E-state index contributed by atoms with van der Waals surface area (Å²) < 4.78 is 28.9. The van der Waals surface area contributed by atoms with Gasteiger partial charge in [-0.05, 0) is 56.3 Å². The topological polar surface area (TPSA) is 64.0 Å². The number of rotatable bonds is 4. The molecule has 0 aliphatic rings. The van der Waals surface area contributed by atoms with Crippen LogP contribution in [-0.4, -0.2) is 18.2 Å². The predicted octanol–water partition coefficient (Wildman–Crippen LogP) is 3.94. The fourth-order valence-corrected chi connectivity index (χ4v) is 3.60. The van der Waals surface area contributed by atoms with Gasteiger partial charge in [-0.3, -0.25) is 4.72 Å². The molecular weight excluding hydrogens is 346 g/mol. The highest BCUT2D eigenvalue weighted by atomic mass is 35.5. The summed E-state index contributed by atoms with van der Waals surface area (Å²) in [5.74, 6) is 0. The van der Waals surface area contributed by atoms with Gasteiger partial charge in [-0.25, -0.2) is 13.1 Å². The summed E-state index contributed by atoms with van der Waals surface area (Å²) in [5, 5.41) is 4.79. The summed E-state index contributed by atoms with van der Waals surface area (Å²) in [5.41, 5.74) is 3.04. The summed E-state index contributed by atoms with van der Waals surface area (Å²) in [4.78, 5) is 0.225. The molecule has 7 heteroatoms. The number of hydrogen-bond donors (Lipinski definition) is 1. The Balaban J connectivity index is 1.83. The molecule has 124 valence electrons. The van der Waals surface area contributed by atoms with Gasteiger partial charge in [0.2, 0.25) is 0 Å². The Morgan fingerprint density at radius 3 is 2.17 bits per heavy atom. The first kappa shape index (κ1) is 16.5. The lowest BCUT2D eigenvalue weighted by atomic mass is 10.2. The highest BCUT2D eigenvalue weighted by molar-refractivity contribution is 7.92. The highest BCUT2D eigenvalue weighted by Crippen LogP contribution is 2.21. The number of hydrogen-bond acceptors (Lipinski definition) is 3. The van der Waals surface area contributed by atoms with Gasteiger partial charge < -0.3 is 0 Å². The largest absolute Gasteiger partial charge is 0.280 e. The van der Waals surface area contributed by atoms with Crippen molar-refractivity contribution < 1.29 is 8.42 Å². The van der Waals surface area contributed by atoms with E-state index in [1.807, 2.05) is 13.8 Å². The van der Waals surface area contributed by atoms with Gasteiger partial charge in [-0.15, -0.1) is 0 Å². The second-order valence-electron chi connectivity index (χ2n) is 5.49. The van der Waals surface area contributed by atoms with E-state index >= 15 is 0 Å². The number of anilines is 1. The molecule has 0 radical (unpaired) electrons. The van der Waals surface area contributed by atoms with Crippen LogP contribution in [0.5, 0.6) is 0 Å². The molecule has 0 aliphatic carbocycles. The maximum Gasteiger partial charge on any atom is 0.261 e. The van der Waals surface area contributed by atoms with Crippen LogP contribution in [-0.2, 0) is 10.0 Å². The van der Waals surface area contributed by atoms with Crippen molar-refractivity contribution in [2.75, 3.05) is 4.72 Å². The monoisotopic (exact) mass is 361 g/mol. The van der Waals surface area contributed by atoms with Crippen molar-refractivity contribution in [2.45, 2.75) is 18.7 Å². The summed E-state index contributed by atoms with van der Waals surface area (Å²) in [6.45, 7) is 3.76. The summed E-state index contributed by atoms with van der Waals surface area (Å²) in [6.07, 6.45) is 0. The summed E-state index contributed by atoms with van der Waals surface area (Å²) in [7, 11) is -3.61. The molecule has 2 aromatic carbocycles. The minimum absolute atomic E-state index is 0.225. The van der Waals surface area contributed by atoms with Gasteiger partial charge in [0.1, 0.15) is 5.15 Å². The molecule has 24 heavy (non-hydrogen) atoms. The van der Waals surface area contributed by atoms with Crippen molar-refractivity contribution in [3.05, 3.63) is 71.0 Å². The molecule has 0 saturated heterocycles. The lowest BCUT2D eigenvalue weighted by molar-refractivity contribution is 0.601. The van der Waals surface area contributed by atoms with Gasteiger partial charge in [0.25, 0.3) is 10.0 Å². The molecule has 1 aromatic heterocycles. The van der Waals surface area contributed by atoms with E-state index < -0.39 is 10.0 Å². The first-order valence-corrected chi connectivity index (χ1v) is 9.13. The van der Waals surface area contributed by atoms with Crippen molar-refractivity contribution >= 4 is 27.3 Å². The predicted molar refractivity (Wildman–Crippen MR) is 95.3 cm³/mol. The summed E-state index contributed by atoms with van der Waals surface area (Å²) in [6, 6.07) is 15.3. The van der Waals surface area contributed by atoms with Crippen LogP contribution in [0.15, 0.2) is 59.5 Å². The van der Waals surface area contributed by atoms with Crippen LogP contribution in [0.3, 0.4) is 0 Å². The van der Waals surface area contributed by atoms with Gasteiger partial charge in [-0.1, -0.05) is 29.3 Å². The standard InChI is InChI=1S/C17H16ClN3O2S/c1-12-3-9-16(10-4-12)24(22,23)20-14-5-7-15(8-6-14)21-17(18)11-13(2)19-21/h3-11,20H,1-2H3. The number of sulfonamides is 1. The number of benzene rings is 2. The minimum atomic E-state index is -3.61. The first-order valence-electron chi connectivity index (χ1n) is 7.27. The Morgan fingerprint density at radius 2 is 1.62 bits per heavy atom. The van der Waals surface area contributed by atoms with Crippen molar-refractivity contribution in [3.63, 3.8) is 0 Å². The molecule has 3 aromatic rings. The fraction of sp³-hybridized carbons (Fsp3) is 0.118. The molecule has 5 nitrogen and oxygen atoms in total. The van der Waals surface area contributed by atoms with Crippen molar-refractivity contribution in [1.29, 1.82) is 0 Å². The lowest BCUT2D eigenvalue weighted by Crippen LogP contribution is -2.12. The first-order chi connectivity index (χ1) is 11.3. The van der Waals surface area contributed by atoms with E-state index in [4.69, 9.17) is 11.6 Å². The van der Waals surface area contributed by atoms with E-state index in [-0.39, 0.29) is 4.90 Å². The number of halogens is 1. The van der Waals surface area contributed by atoms with Crippen molar-refractivity contribution in [1.82, 2.24) is 9.78 Å². The van der Waals surface area contributed by atoms with Crippen LogP contribution in [0.1, 0.15) is 11.3 Å². The third-order valence-electron chi connectivity index (χ3n) is 3.48. The van der Waals surface area contributed by atoms with E-state index in [1.165, 1.54) is 0 Å². The Bertz CT molecular complexity index is 962. The van der Waals surface area contributed by atoms with Gasteiger partial charge in [0.05, 0.1) is 16.3 Å². The average molecular weight is 362 g/mol. The zero-order chi connectivity index (χ0) is 17.3. The van der Waals surface area contributed by atoms with Gasteiger partial charge in [0, 0.05) is 5.69 Å². The van der Waals surface area contributed by atoms with Crippen LogP contribution in [0, 0.1) is 13.8 Å². The Kier molecular flexibility index (Phi) is 4.34. The third kappa shape index (κ3) is 3.44. The maximum absolute atomic E-state index is 12.4. The molecule has 0 aliphatic heterocycles. The molecular formula is C17H16ClN3O2S. The highest BCUT2D eigenvalue weighted by Gasteiger charge is 2.14. The van der Waals surface area contributed by atoms with E-state index in [9.17, 15) is 8.42 Å². The van der Waals surface area contributed by atoms with E-state index in [1.54, 1.807) is 59.3 Å². The molecule has 0 spiro atoms. The van der Waals surface area contributed by atoms with Gasteiger partial charge in [0.15, 0.2) is 0 Å². The second-order valence-corrected chi connectivity index (χ2v) is 7.56. The van der Waals surface area contributed by atoms with Crippen molar-refractivity contribution in [3.8, 4) is 5.69 Å². The molecule has 0 fully saturated rings. The van der Waals surface area contributed by atoms with E-state index in [0.29, 0.717) is 10.8 Å². The number of aryl methyl sites for hydroxylation is 2. The van der Waals surface area contributed by atoms with Gasteiger partial charge >= 0.3 is 0 Å². The Labute approximate surface area is 145 Å². The molecule has 0 saturated carbocycles. The fourth-order valence-electron chi connectivity index (χ4n) is 2.25. The molecule has 0 bridgehead atoms. The zero-order valence-electron chi connectivity index (χ0n) is 13.2. The Morgan fingerprint density at radius 1 is 1.00 bits per heavy atom. The number of nitrogens with one attached hydrogen (secondary N) is 1. The van der Waals surface area contributed by atoms with Crippen LogP contribution in [0.2, 0.25) is 5.15 Å². The maximum atomic E-state index is 12.4. The van der Waals surface area contributed by atoms with E-state index in [2.05, 4.69) is 9.82 Å². The smallest absolute Gasteiger partial charge is 0.261 e. The molecule has 0 atom stereocenters. The lowest BCUT2D eigenvalue weighted by Gasteiger charge is -2.09. The third-order valence-corrected chi connectivity index (χ3v) is 5.15. The second kappa shape index (κ2) is 6.30. The average Bonchev–Trinajstić information content (AvgIpc) is 2.87. The minimum Gasteiger partial charge on any atom is -0.280 e. The molecule has 3 rings (SSSR count). The van der Waals surface area contributed by atoms with Gasteiger partial charge in [-0.2, -0.15) is 5.10 Å². The van der Waals surface area contributed by atoms with Crippen LogP contribution < -0.4 is 4.72 Å². The normalized spacial score (nSPS) is 11.5. The molecule has 1 N–H and O–H groups in total. The summed E-state index contributed by atoms with van der Waals surface area (Å²) >= 11 is 6.11. The Hall–Kier alpha value is -2.31. The zero-order valence-corrected chi connectivity index (χ0v) is 14.8. The quantitative estimate of drug-likeness (QED) is 0.765. The number of aromatic nitrogens is 2. The van der Waals surface area contributed by atoms with Crippen LogP contribution >= 0.6 is 11.6 Å². The van der Waals surface area contributed by atoms with Crippen molar-refractivity contribution in [2.24, 2.45) is 0 Å². The molecule has 0 unspecified atom stereocenters. The van der Waals surface area contributed by atoms with Crippen LogP contribution in [0.4, 0.5) is 5.69 Å². The molecule has 1 heterocycles. The molecule has 0 amide bonds. The number of nitrogens with zero attached hydrogens (tertiary/aromatic N) is 2. The van der Waals surface area contributed by atoms with E-state index in [0.717, 1.165) is 16.9 Å².